The van der Waals surface area contributed by atoms with Crippen LogP contribution >= 0.6 is 11.8 Å². The number of pyridine rings is 1. The van der Waals surface area contributed by atoms with Crippen molar-refractivity contribution in [1.29, 1.82) is 5.26 Å². The van der Waals surface area contributed by atoms with Gasteiger partial charge in [-0.3, -0.25) is 4.79 Å². The van der Waals surface area contributed by atoms with Crippen molar-refractivity contribution in [2.45, 2.75) is 17.2 Å². The van der Waals surface area contributed by atoms with Gasteiger partial charge in [-0.1, -0.05) is 72.4 Å². The third kappa shape index (κ3) is 5.57. The minimum atomic E-state index is -1.03. The largest absolute Gasteiger partial charge is 0.478 e. The normalized spacial score (nSPS) is 11.3. The summed E-state index contributed by atoms with van der Waals surface area (Å²) in [6, 6.07) is 29.4. The molecule has 0 spiro atoms. The summed E-state index contributed by atoms with van der Waals surface area (Å²) < 4.78 is 0. The first-order valence-corrected chi connectivity index (χ1v) is 11.7. The summed E-state index contributed by atoms with van der Waals surface area (Å²) in [5.74, 6) is -1.32. The summed E-state index contributed by atoms with van der Waals surface area (Å²) in [4.78, 5) is 28.7. The van der Waals surface area contributed by atoms with Crippen LogP contribution in [0.15, 0.2) is 96.0 Å². The molecular weight excluding hydrogens is 458 g/mol. The van der Waals surface area contributed by atoms with Crippen LogP contribution in [0.1, 0.15) is 22.8 Å². The van der Waals surface area contributed by atoms with Crippen molar-refractivity contribution in [3.63, 3.8) is 0 Å². The van der Waals surface area contributed by atoms with Crippen LogP contribution in [0.2, 0.25) is 0 Å². The van der Waals surface area contributed by atoms with E-state index < -0.39 is 11.2 Å². The lowest BCUT2D eigenvalue weighted by Gasteiger charge is -2.16. The average molecular weight is 480 g/mol. The molecule has 0 aliphatic carbocycles. The van der Waals surface area contributed by atoms with E-state index in [4.69, 9.17) is 10.1 Å². The van der Waals surface area contributed by atoms with Gasteiger partial charge in [0.05, 0.1) is 22.1 Å². The van der Waals surface area contributed by atoms with E-state index in [9.17, 15) is 14.9 Å². The molecule has 0 fully saturated rings. The quantitative estimate of drug-likeness (QED) is 0.310. The number of thioether (sulfide) groups is 1. The van der Waals surface area contributed by atoms with E-state index in [0.717, 1.165) is 16.7 Å². The summed E-state index contributed by atoms with van der Waals surface area (Å²) in [7, 11) is 0. The zero-order chi connectivity index (χ0) is 24.8. The number of carbonyl (C=O) groups excluding carboxylic acids is 1. The second kappa shape index (κ2) is 10.7. The Morgan fingerprint density at radius 1 is 0.943 bits per heavy atom. The molecule has 1 unspecified atom stereocenters. The maximum absolute atomic E-state index is 12.9. The van der Waals surface area contributed by atoms with Gasteiger partial charge < -0.3 is 10.4 Å². The van der Waals surface area contributed by atoms with Crippen molar-refractivity contribution in [2.75, 3.05) is 5.32 Å². The molecule has 4 aromatic rings. The molecule has 0 saturated carbocycles. The van der Waals surface area contributed by atoms with Gasteiger partial charge in [-0.15, -0.1) is 0 Å². The van der Waals surface area contributed by atoms with E-state index in [1.54, 1.807) is 19.1 Å². The van der Waals surface area contributed by atoms with Crippen molar-refractivity contribution in [3.05, 3.63) is 102 Å². The minimum absolute atomic E-state index is 0.138. The maximum atomic E-state index is 12.9. The molecule has 1 aromatic heterocycles. The highest BCUT2D eigenvalue weighted by atomic mass is 32.2. The van der Waals surface area contributed by atoms with Crippen LogP contribution in [0.4, 0.5) is 5.69 Å². The number of nitriles is 1. The molecule has 172 valence electrons. The van der Waals surface area contributed by atoms with E-state index in [0.29, 0.717) is 22.0 Å². The van der Waals surface area contributed by atoms with Crippen LogP contribution in [-0.2, 0) is 4.79 Å². The summed E-state index contributed by atoms with van der Waals surface area (Å²) in [6.45, 7) is 1.74. The van der Waals surface area contributed by atoms with Crippen molar-refractivity contribution < 1.29 is 14.7 Å². The molecule has 0 saturated heterocycles. The van der Waals surface area contributed by atoms with Crippen LogP contribution in [0, 0.1) is 11.3 Å². The zero-order valence-electron chi connectivity index (χ0n) is 18.8. The highest BCUT2D eigenvalue weighted by Crippen LogP contribution is 2.35. The number of nitrogens with one attached hydrogen (secondary N) is 1. The third-order valence-electron chi connectivity index (χ3n) is 5.31. The summed E-state index contributed by atoms with van der Waals surface area (Å²) >= 11 is 1.21. The number of hydrogen-bond acceptors (Lipinski definition) is 5. The number of aromatic nitrogens is 1. The number of rotatable bonds is 7. The molecule has 0 aliphatic heterocycles. The monoisotopic (exact) mass is 479 g/mol. The van der Waals surface area contributed by atoms with Gasteiger partial charge in [0.1, 0.15) is 11.1 Å². The number of carboxylic acid groups (broad SMARTS) is 1. The lowest BCUT2D eigenvalue weighted by molar-refractivity contribution is -0.115. The molecule has 4 rings (SSSR count). The lowest BCUT2D eigenvalue weighted by Crippen LogP contribution is -2.22. The smallest absolute Gasteiger partial charge is 0.335 e. The van der Waals surface area contributed by atoms with Crippen LogP contribution in [-0.4, -0.2) is 27.2 Å². The number of benzene rings is 3. The Kier molecular flexibility index (Phi) is 7.24. The molecule has 0 radical (unpaired) electrons. The molecular formula is C28H21N3O3S. The first-order chi connectivity index (χ1) is 17.0. The minimum Gasteiger partial charge on any atom is -0.478 e. The Bertz CT molecular complexity index is 1400. The zero-order valence-corrected chi connectivity index (χ0v) is 19.6. The highest BCUT2D eigenvalue weighted by molar-refractivity contribution is 8.00. The van der Waals surface area contributed by atoms with Crippen LogP contribution in [0.5, 0.6) is 0 Å². The van der Waals surface area contributed by atoms with Gasteiger partial charge in [0.15, 0.2) is 0 Å². The SMILES string of the molecule is CC(Sc1nc(-c2ccccc2)cc(-c2ccccc2)c1C#N)C(=O)Nc1ccc(C(=O)O)cc1. The van der Waals surface area contributed by atoms with E-state index in [1.165, 1.54) is 23.9 Å². The average Bonchev–Trinajstić information content (AvgIpc) is 2.89. The Labute approximate surface area is 207 Å². The van der Waals surface area contributed by atoms with Gasteiger partial charge in [-0.25, -0.2) is 9.78 Å². The maximum Gasteiger partial charge on any atom is 0.335 e. The number of anilines is 1. The molecule has 1 amide bonds. The Hall–Kier alpha value is -4.41. The second-order valence-corrected chi connectivity index (χ2v) is 9.04. The Morgan fingerprint density at radius 2 is 1.54 bits per heavy atom. The van der Waals surface area contributed by atoms with Gasteiger partial charge in [0.25, 0.3) is 0 Å². The highest BCUT2D eigenvalue weighted by Gasteiger charge is 2.21. The first kappa shape index (κ1) is 23.7. The summed E-state index contributed by atoms with van der Waals surface area (Å²) in [5.41, 5.74) is 4.30. The topological polar surface area (TPSA) is 103 Å². The van der Waals surface area contributed by atoms with E-state index >= 15 is 0 Å². The standard InChI is InChI=1S/C28H21N3O3S/c1-18(26(32)30-22-14-12-21(13-15-22)28(33)34)35-27-24(17-29)23(19-8-4-2-5-9-19)16-25(31-27)20-10-6-3-7-11-20/h2-16,18H,1H3,(H,30,32)(H,33,34). The summed E-state index contributed by atoms with van der Waals surface area (Å²) in [6.07, 6.45) is 0. The molecule has 35 heavy (non-hydrogen) atoms. The van der Waals surface area contributed by atoms with Gasteiger partial charge in [0, 0.05) is 16.8 Å². The molecule has 1 atom stereocenters. The number of aromatic carboxylic acids is 1. The molecule has 0 bridgehead atoms. The van der Waals surface area contributed by atoms with Crippen molar-refractivity contribution in [2.24, 2.45) is 0 Å². The molecule has 1 heterocycles. The van der Waals surface area contributed by atoms with E-state index in [-0.39, 0.29) is 11.5 Å². The van der Waals surface area contributed by atoms with Gasteiger partial charge in [-0.05, 0) is 42.8 Å². The number of carboxylic acids is 1. The number of amides is 1. The predicted molar refractivity (Wildman–Crippen MR) is 137 cm³/mol. The number of carbonyl (C=O) groups is 2. The molecule has 2 N–H and O–H groups in total. The fourth-order valence-electron chi connectivity index (χ4n) is 3.48. The predicted octanol–water partition coefficient (Wildman–Crippen LogP) is 6.10. The molecule has 6 nitrogen and oxygen atoms in total. The van der Waals surface area contributed by atoms with Gasteiger partial charge >= 0.3 is 5.97 Å². The van der Waals surface area contributed by atoms with Crippen molar-refractivity contribution in [3.8, 4) is 28.5 Å². The van der Waals surface area contributed by atoms with Crippen molar-refractivity contribution >= 4 is 29.3 Å². The van der Waals surface area contributed by atoms with Crippen LogP contribution in [0.3, 0.4) is 0 Å². The molecule has 7 heteroatoms. The van der Waals surface area contributed by atoms with E-state index in [1.807, 2.05) is 66.7 Å². The lowest BCUT2D eigenvalue weighted by atomic mass is 9.99. The van der Waals surface area contributed by atoms with Crippen LogP contribution < -0.4 is 5.32 Å². The fourth-order valence-corrected chi connectivity index (χ4v) is 4.40. The third-order valence-corrected chi connectivity index (χ3v) is 6.40. The van der Waals surface area contributed by atoms with E-state index in [2.05, 4.69) is 11.4 Å². The Balaban J connectivity index is 1.66. The number of hydrogen-bond donors (Lipinski definition) is 2. The first-order valence-electron chi connectivity index (χ1n) is 10.8. The molecule has 3 aromatic carbocycles. The molecule has 0 aliphatic rings. The fraction of sp³-hybridized carbons (Fsp3) is 0.0714. The van der Waals surface area contributed by atoms with Crippen molar-refractivity contribution in [1.82, 2.24) is 4.98 Å². The number of nitrogens with zero attached hydrogens (tertiary/aromatic N) is 2. The van der Waals surface area contributed by atoms with Crippen LogP contribution in [0.25, 0.3) is 22.4 Å². The van der Waals surface area contributed by atoms with Gasteiger partial charge in [-0.2, -0.15) is 5.26 Å². The second-order valence-electron chi connectivity index (χ2n) is 7.71. The van der Waals surface area contributed by atoms with Gasteiger partial charge in [0.2, 0.25) is 5.91 Å². The Morgan fingerprint density at radius 3 is 2.11 bits per heavy atom. The summed E-state index contributed by atoms with van der Waals surface area (Å²) in [5, 5.41) is 21.8.